The SMILES string of the molecule is COc1cccc(C(CN)C(O)c2cc(C)cc(Cl)c2)c1. The maximum atomic E-state index is 10.7. The molecule has 4 heteroatoms. The number of halogens is 1. The summed E-state index contributed by atoms with van der Waals surface area (Å²) in [4.78, 5) is 0. The zero-order chi connectivity index (χ0) is 15.4. The van der Waals surface area contributed by atoms with Crippen molar-refractivity contribution in [3.8, 4) is 5.75 Å². The Morgan fingerprint density at radius 2 is 1.95 bits per heavy atom. The number of aryl methyl sites for hydroxylation is 1. The van der Waals surface area contributed by atoms with Crippen LogP contribution in [0.15, 0.2) is 42.5 Å². The maximum Gasteiger partial charge on any atom is 0.119 e. The van der Waals surface area contributed by atoms with Crippen LogP contribution in [-0.4, -0.2) is 18.8 Å². The fourth-order valence-corrected chi connectivity index (χ4v) is 2.79. The molecule has 0 aliphatic heterocycles. The molecule has 0 fully saturated rings. The Morgan fingerprint density at radius 1 is 1.19 bits per heavy atom. The van der Waals surface area contributed by atoms with Crippen molar-refractivity contribution in [2.75, 3.05) is 13.7 Å². The molecule has 2 unspecified atom stereocenters. The van der Waals surface area contributed by atoms with Crippen LogP contribution < -0.4 is 10.5 Å². The normalized spacial score (nSPS) is 13.8. The Labute approximate surface area is 130 Å². The molecule has 0 saturated heterocycles. The lowest BCUT2D eigenvalue weighted by atomic mass is 9.88. The molecule has 2 aromatic carbocycles. The standard InChI is InChI=1S/C17H20ClNO2/c1-11-6-13(8-14(18)7-11)17(20)16(10-19)12-4-3-5-15(9-12)21-2/h3-9,16-17,20H,10,19H2,1-2H3. The van der Waals surface area contributed by atoms with Crippen LogP contribution in [0.25, 0.3) is 0 Å². The van der Waals surface area contributed by atoms with Crippen LogP contribution in [0.4, 0.5) is 0 Å². The van der Waals surface area contributed by atoms with Gasteiger partial charge in [-0.1, -0.05) is 29.8 Å². The van der Waals surface area contributed by atoms with E-state index in [1.807, 2.05) is 43.3 Å². The van der Waals surface area contributed by atoms with E-state index in [1.54, 1.807) is 13.2 Å². The summed E-state index contributed by atoms with van der Waals surface area (Å²) in [6.07, 6.45) is -0.709. The van der Waals surface area contributed by atoms with Crippen LogP contribution in [0.1, 0.15) is 28.7 Å². The average Bonchev–Trinajstić information content (AvgIpc) is 2.47. The van der Waals surface area contributed by atoms with E-state index in [9.17, 15) is 5.11 Å². The van der Waals surface area contributed by atoms with Gasteiger partial charge in [0, 0.05) is 17.5 Å². The third kappa shape index (κ3) is 3.76. The van der Waals surface area contributed by atoms with Gasteiger partial charge in [0.05, 0.1) is 13.2 Å². The lowest BCUT2D eigenvalue weighted by molar-refractivity contribution is 0.147. The molecule has 0 bridgehead atoms. The van der Waals surface area contributed by atoms with Gasteiger partial charge in [0.25, 0.3) is 0 Å². The van der Waals surface area contributed by atoms with E-state index in [1.165, 1.54) is 0 Å². The van der Waals surface area contributed by atoms with E-state index in [-0.39, 0.29) is 5.92 Å². The fraction of sp³-hybridized carbons (Fsp3) is 0.294. The molecule has 21 heavy (non-hydrogen) atoms. The van der Waals surface area contributed by atoms with Crippen molar-refractivity contribution in [1.82, 2.24) is 0 Å². The second kappa shape index (κ2) is 6.94. The molecule has 0 aromatic heterocycles. The minimum Gasteiger partial charge on any atom is -0.497 e. The van der Waals surface area contributed by atoms with E-state index in [0.717, 1.165) is 22.4 Å². The molecule has 0 amide bonds. The van der Waals surface area contributed by atoms with Crippen LogP contribution in [0.5, 0.6) is 5.75 Å². The average molecular weight is 306 g/mol. The minimum atomic E-state index is -0.709. The Hall–Kier alpha value is -1.55. The number of benzene rings is 2. The summed E-state index contributed by atoms with van der Waals surface area (Å²) in [5, 5.41) is 11.3. The highest BCUT2D eigenvalue weighted by molar-refractivity contribution is 6.30. The first-order valence-corrected chi connectivity index (χ1v) is 7.22. The van der Waals surface area contributed by atoms with Gasteiger partial charge in [0.2, 0.25) is 0 Å². The predicted molar refractivity (Wildman–Crippen MR) is 85.9 cm³/mol. The molecule has 112 valence electrons. The third-order valence-electron chi connectivity index (χ3n) is 3.56. The van der Waals surface area contributed by atoms with Crippen LogP contribution in [0.3, 0.4) is 0 Å². The van der Waals surface area contributed by atoms with Gasteiger partial charge in [-0.15, -0.1) is 0 Å². The number of aliphatic hydroxyl groups excluding tert-OH is 1. The van der Waals surface area contributed by atoms with Crippen LogP contribution in [-0.2, 0) is 0 Å². The highest BCUT2D eigenvalue weighted by atomic mass is 35.5. The molecule has 0 aliphatic carbocycles. The molecule has 2 atom stereocenters. The summed E-state index contributed by atoms with van der Waals surface area (Å²) in [5.74, 6) is 0.540. The summed E-state index contributed by atoms with van der Waals surface area (Å²) in [5.41, 5.74) is 8.61. The van der Waals surface area contributed by atoms with Gasteiger partial charge in [0.15, 0.2) is 0 Å². The fourth-order valence-electron chi connectivity index (χ4n) is 2.49. The lowest BCUT2D eigenvalue weighted by Gasteiger charge is -2.23. The van der Waals surface area contributed by atoms with Crippen molar-refractivity contribution in [1.29, 1.82) is 0 Å². The van der Waals surface area contributed by atoms with Crippen molar-refractivity contribution >= 4 is 11.6 Å². The lowest BCUT2D eigenvalue weighted by Crippen LogP contribution is -2.20. The molecule has 3 N–H and O–H groups in total. The van der Waals surface area contributed by atoms with Crippen molar-refractivity contribution in [2.45, 2.75) is 18.9 Å². The molecule has 0 radical (unpaired) electrons. The molecule has 2 rings (SSSR count). The zero-order valence-corrected chi connectivity index (χ0v) is 13.0. The zero-order valence-electron chi connectivity index (χ0n) is 12.2. The monoisotopic (exact) mass is 305 g/mol. The van der Waals surface area contributed by atoms with Gasteiger partial charge in [0.1, 0.15) is 5.75 Å². The van der Waals surface area contributed by atoms with Crippen LogP contribution in [0.2, 0.25) is 5.02 Å². The second-order valence-corrected chi connectivity index (χ2v) is 5.56. The number of hydrogen-bond donors (Lipinski definition) is 2. The van der Waals surface area contributed by atoms with Crippen molar-refractivity contribution in [3.63, 3.8) is 0 Å². The first kappa shape index (κ1) is 15.8. The summed E-state index contributed by atoms with van der Waals surface area (Å²) in [6, 6.07) is 13.2. The largest absolute Gasteiger partial charge is 0.497 e. The van der Waals surface area contributed by atoms with Crippen LogP contribution in [0, 0.1) is 6.92 Å². The summed E-state index contributed by atoms with van der Waals surface area (Å²) in [7, 11) is 1.62. The third-order valence-corrected chi connectivity index (χ3v) is 3.78. The van der Waals surface area contributed by atoms with E-state index >= 15 is 0 Å². The maximum absolute atomic E-state index is 10.7. The highest BCUT2D eigenvalue weighted by Gasteiger charge is 2.22. The topological polar surface area (TPSA) is 55.5 Å². The molecule has 0 aliphatic rings. The van der Waals surface area contributed by atoms with Gasteiger partial charge < -0.3 is 15.6 Å². The Morgan fingerprint density at radius 3 is 2.57 bits per heavy atom. The Balaban J connectivity index is 2.35. The van der Waals surface area contributed by atoms with E-state index < -0.39 is 6.10 Å². The summed E-state index contributed by atoms with van der Waals surface area (Å²) in [6.45, 7) is 2.28. The van der Waals surface area contributed by atoms with Gasteiger partial charge in [-0.25, -0.2) is 0 Å². The first-order chi connectivity index (χ1) is 10.0. The first-order valence-electron chi connectivity index (χ1n) is 6.84. The van der Waals surface area contributed by atoms with Gasteiger partial charge in [-0.3, -0.25) is 0 Å². The van der Waals surface area contributed by atoms with Crippen molar-refractivity contribution in [3.05, 3.63) is 64.2 Å². The smallest absolute Gasteiger partial charge is 0.119 e. The molecular formula is C17H20ClNO2. The highest BCUT2D eigenvalue weighted by Crippen LogP contribution is 2.33. The van der Waals surface area contributed by atoms with Crippen molar-refractivity contribution in [2.24, 2.45) is 5.73 Å². The van der Waals surface area contributed by atoms with E-state index in [2.05, 4.69) is 0 Å². The molecule has 2 aromatic rings. The van der Waals surface area contributed by atoms with E-state index in [0.29, 0.717) is 11.6 Å². The quantitative estimate of drug-likeness (QED) is 0.890. The predicted octanol–water partition coefficient (Wildman–Crippen LogP) is 3.43. The van der Waals surface area contributed by atoms with Crippen molar-refractivity contribution < 1.29 is 9.84 Å². The van der Waals surface area contributed by atoms with Gasteiger partial charge >= 0.3 is 0 Å². The number of rotatable bonds is 5. The number of hydrogen-bond acceptors (Lipinski definition) is 3. The molecule has 0 saturated carbocycles. The Kier molecular flexibility index (Phi) is 5.23. The van der Waals surface area contributed by atoms with Gasteiger partial charge in [-0.2, -0.15) is 0 Å². The number of ether oxygens (including phenoxy) is 1. The minimum absolute atomic E-state index is 0.210. The molecule has 0 spiro atoms. The number of aliphatic hydroxyl groups is 1. The van der Waals surface area contributed by atoms with E-state index in [4.69, 9.17) is 22.1 Å². The summed E-state index contributed by atoms with van der Waals surface area (Å²) >= 11 is 6.07. The Bertz CT molecular complexity index is 595. The second-order valence-electron chi connectivity index (χ2n) is 5.13. The summed E-state index contributed by atoms with van der Waals surface area (Å²) < 4.78 is 5.23. The molecule has 0 heterocycles. The molecule has 3 nitrogen and oxygen atoms in total. The molecular weight excluding hydrogens is 286 g/mol. The van der Waals surface area contributed by atoms with Crippen LogP contribution >= 0.6 is 11.6 Å². The number of nitrogens with two attached hydrogens (primary N) is 1. The van der Waals surface area contributed by atoms with Gasteiger partial charge in [-0.05, 0) is 47.9 Å². The number of methoxy groups -OCH3 is 1.